The molecule has 12 heteroatoms. The number of rotatable bonds is 8. The molecule has 0 aliphatic carbocycles. The zero-order chi connectivity index (χ0) is 23.3. The molecule has 0 spiro atoms. The SMILES string of the molecule is CC[N+]1(C)CCCCC1CNC(=O)c1cc(OCC(F)(F)F)ccc1OCC(F)(F)F.[I-]. The molecule has 1 aliphatic heterocycles. The van der Waals surface area contributed by atoms with Crippen LogP contribution in [0.1, 0.15) is 36.5 Å². The minimum absolute atomic E-state index is 0. The minimum atomic E-state index is -4.64. The lowest BCUT2D eigenvalue weighted by molar-refractivity contribution is -0.935. The number of piperidine rings is 1. The molecule has 1 aromatic rings. The number of hydrogen-bond acceptors (Lipinski definition) is 3. The van der Waals surface area contributed by atoms with Crippen molar-refractivity contribution in [1.82, 2.24) is 5.32 Å². The van der Waals surface area contributed by atoms with Gasteiger partial charge in [0.2, 0.25) is 0 Å². The Hall–Kier alpha value is -1.44. The van der Waals surface area contributed by atoms with Crippen molar-refractivity contribution in [2.24, 2.45) is 0 Å². The van der Waals surface area contributed by atoms with Crippen molar-refractivity contribution in [3.8, 4) is 11.5 Å². The van der Waals surface area contributed by atoms with Gasteiger partial charge in [0, 0.05) is 6.42 Å². The van der Waals surface area contributed by atoms with Gasteiger partial charge in [0.15, 0.2) is 13.2 Å². The van der Waals surface area contributed by atoms with Gasteiger partial charge in [0.25, 0.3) is 5.91 Å². The first-order valence-electron chi connectivity index (χ1n) is 9.98. The van der Waals surface area contributed by atoms with Gasteiger partial charge in [-0.25, -0.2) is 0 Å². The van der Waals surface area contributed by atoms with Crippen molar-refractivity contribution < 1.29 is 69.1 Å². The molecule has 0 radical (unpaired) electrons. The van der Waals surface area contributed by atoms with E-state index in [0.29, 0.717) is 0 Å². The molecule has 2 atom stereocenters. The Balaban J connectivity index is 0.00000512. The highest BCUT2D eigenvalue weighted by Gasteiger charge is 2.35. The van der Waals surface area contributed by atoms with Gasteiger partial charge in [-0.1, -0.05) is 0 Å². The second kappa shape index (κ2) is 11.6. The Morgan fingerprint density at radius 3 is 2.31 bits per heavy atom. The number of halogens is 7. The molecule has 2 rings (SSSR count). The number of carbonyl (C=O) groups is 1. The molecule has 1 N–H and O–H groups in total. The lowest BCUT2D eigenvalue weighted by atomic mass is 9.99. The highest BCUT2D eigenvalue weighted by atomic mass is 127. The van der Waals surface area contributed by atoms with E-state index in [1.54, 1.807) is 0 Å². The first-order valence-corrected chi connectivity index (χ1v) is 9.98. The number of quaternary nitrogens is 1. The molecule has 32 heavy (non-hydrogen) atoms. The number of alkyl halides is 6. The average Bonchev–Trinajstić information content (AvgIpc) is 2.69. The third-order valence-electron chi connectivity index (χ3n) is 5.55. The van der Waals surface area contributed by atoms with Crippen molar-refractivity contribution >= 4 is 5.91 Å². The Kier molecular flexibility index (Phi) is 10.4. The summed E-state index contributed by atoms with van der Waals surface area (Å²) in [6.07, 6.45) is -6.27. The smallest absolute Gasteiger partial charge is 0.422 e. The van der Waals surface area contributed by atoms with Gasteiger partial charge < -0.3 is 43.3 Å². The number of nitrogens with one attached hydrogen (secondary N) is 1. The minimum Gasteiger partial charge on any atom is -1.00 e. The number of ether oxygens (including phenoxy) is 2. The molecule has 0 aromatic heterocycles. The zero-order valence-corrected chi connectivity index (χ0v) is 19.9. The molecule has 184 valence electrons. The fourth-order valence-electron chi connectivity index (χ4n) is 3.62. The van der Waals surface area contributed by atoms with Crippen LogP contribution in [0.2, 0.25) is 0 Å². The molecule has 1 heterocycles. The van der Waals surface area contributed by atoms with Crippen molar-refractivity contribution in [3.05, 3.63) is 23.8 Å². The molecular formula is C20H27F6IN2O3. The molecule has 0 bridgehead atoms. The summed E-state index contributed by atoms with van der Waals surface area (Å²) in [6.45, 7) is 0.924. The van der Waals surface area contributed by atoms with Crippen LogP contribution in [0.3, 0.4) is 0 Å². The summed E-state index contributed by atoms with van der Waals surface area (Å²) in [5, 5.41) is 2.70. The van der Waals surface area contributed by atoms with E-state index in [2.05, 4.69) is 17.1 Å². The molecule has 2 unspecified atom stereocenters. The summed E-state index contributed by atoms with van der Waals surface area (Å²) >= 11 is 0. The number of amides is 1. The van der Waals surface area contributed by atoms with E-state index >= 15 is 0 Å². The fraction of sp³-hybridized carbons (Fsp3) is 0.650. The van der Waals surface area contributed by atoms with E-state index < -0.39 is 31.5 Å². The Bertz CT molecular complexity index is 760. The van der Waals surface area contributed by atoms with Crippen LogP contribution in [0.4, 0.5) is 26.3 Å². The average molecular weight is 584 g/mol. The van der Waals surface area contributed by atoms with Crippen molar-refractivity contribution in [3.63, 3.8) is 0 Å². The maximum atomic E-state index is 12.7. The van der Waals surface area contributed by atoms with Gasteiger partial charge in [-0.2, -0.15) is 26.3 Å². The molecule has 1 saturated heterocycles. The van der Waals surface area contributed by atoms with E-state index in [1.807, 2.05) is 6.92 Å². The topological polar surface area (TPSA) is 47.6 Å². The van der Waals surface area contributed by atoms with E-state index in [4.69, 9.17) is 4.74 Å². The third kappa shape index (κ3) is 8.83. The molecular weight excluding hydrogens is 557 g/mol. The van der Waals surface area contributed by atoms with Crippen LogP contribution < -0.4 is 38.8 Å². The number of likely N-dealkylation sites (N-methyl/N-ethyl adjacent to an activating group) is 1. The summed E-state index contributed by atoms with van der Waals surface area (Å²) in [5.74, 6) is -1.41. The normalized spacial score (nSPS) is 21.4. The van der Waals surface area contributed by atoms with Gasteiger partial charge in [0.05, 0.1) is 32.2 Å². The summed E-state index contributed by atoms with van der Waals surface area (Å²) in [5.41, 5.74) is -0.314. The van der Waals surface area contributed by atoms with Crippen LogP contribution >= 0.6 is 0 Å². The summed E-state index contributed by atoms with van der Waals surface area (Å²) in [7, 11) is 2.08. The number of likely N-dealkylation sites (tertiary alicyclic amines) is 1. The summed E-state index contributed by atoms with van der Waals surface area (Å²) in [6, 6.07) is 3.12. The first-order chi connectivity index (χ1) is 14.3. The van der Waals surface area contributed by atoms with E-state index in [0.717, 1.165) is 55.0 Å². The Morgan fingerprint density at radius 1 is 1.09 bits per heavy atom. The summed E-state index contributed by atoms with van der Waals surface area (Å²) < 4.78 is 84.9. The van der Waals surface area contributed by atoms with Gasteiger partial charge >= 0.3 is 12.4 Å². The van der Waals surface area contributed by atoms with Crippen molar-refractivity contribution in [2.45, 2.75) is 44.6 Å². The Morgan fingerprint density at radius 2 is 1.72 bits per heavy atom. The lowest BCUT2D eigenvalue weighted by Gasteiger charge is -2.44. The molecule has 1 amide bonds. The Labute approximate surface area is 200 Å². The highest BCUT2D eigenvalue weighted by Crippen LogP contribution is 2.28. The van der Waals surface area contributed by atoms with Crippen LogP contribution in [-0.4, -0.2) is 68.7 Å². The van der Waals surface area contributed by atoms with E-state index in [-0.39, 0.29) is 53.6 Å². The molecule has 1 fully saturated rings. The predicted molar refractivity (Wildman–Crippen MR) is 101 cm³/mol. The van der Waals surface area contributed by atoms with Gasteiger partial charge in [-0.3, -0.25) is 4.79 Å². The van der Waals surface area contributed by atoms with Crippen LogP contribution in [0.25, 0.3) is 0 Å². The van der Waals surface area contributed by atoms with Crippen LogP contribution in [-0.2, 0) is 0 Å². The number of hydrogen-bond donors (Lipinski definition) is 1. The van der Waals surface area contributed by atoms with Gasteiger partial charge in [-0.15, -0.1) is 0 Å². The van der Waals surface area contributed by atoms with Crippen molar-refractivity contribution in [1.29, 1.82) is 0 Å². The second-order valence-electron chi connectivity index (χ2n) is 7.84. The van der Waals surface area contributed by atoms with Crippen molar-refractivity contribution in [2.75, 3.05) is 39.9 Å². The van der Waals surface area contributed by atoms with E-state index in [1.165, 1.54) is 0 Å². The fourth-order valence-corrected chi connectivity index (χ4v) is 3.62. The maximum Gasteiger partial charge on any atom is 0.422 e. The molecule has 1 aromatic carbocycles. The molecule has 0 saturated carbocycles. The lowest BCUT2D eigenvalue weighted by Crippen LogP contribution is -3.00. The predicted octanol–water partition coefficient (Wildman–Crippen LogP) is 1.32. The number of nitrogens with zero attached hydrogens (tertiary/aromatic N) is 1. The molecule has 1 aliphatic rings. The number of carbonyl (C=O) groups excluding carboxylic acids is 1. The number of benzene rings is 1. The van der Waals surface area contributed by atoms with Gasteiger partial charge in [0.1, 0.15) is 17.5 Å². The van der Waals surface area contributed by atoms with Crippen LogP contribution in [0.15, 0.2) is 18.2 Å². The standard InChI is InChI=1S/C20H26F6N2O3.HI/c1-3-28(2)9-5-4-6-14(28)11-27-18(29)16-10-15(30-12-19(21,22)23)7-8-17(16)31-13-20(24,25)26;/h7-8,10,14H,3-6,9,11-13H2,1-2H3;1H. The zero-order valence-electron chi connectivity index (χ0n) is 17.8. The largest absolute Gasteiger partial charge is 1.00 e. The van der Waals surface area contributed by atoms with Gasteiger partial charge in [-0.05, 0) is 38.0 Å². The molecule has 5 nitrogen and oxygen atoms in total. The second-order valence-corrected chi connectivity index (χ2v) is 7.84. The first kappa shape index (κ1) is 28.6. The third-order valence-corrected chi connectivity index (χ3v) is 5.55. The van der Waals surface area contributed by atoms with Crippen LogP contribution in [0, 0.1) is 0 Å². The van der Waals surface area contributed by atoms with Crippen LogP contribution in [0.5, 0.6) is 11.5 Å². The quantitative estimate of drug-likeness (QED) is 0.285. The van der Waals surface area contributed by atoms with E-state index in [9.17, 15) is 31.1 Å². The summed E-state index contributed by atoms with van der Waals surface area (Å²) in [4.78, 5) is 12.7. The monoisotopic (exact) mass is 584 g/mol. The maximum absolute atomic E-state index is 12.7. The highest BCUT2D eigenvalue weighted by molar-refractivity contribution is 5.97.